The van der Waals surface area contributed by atoms with Gasteiger partial charge < -0.3 is 15.2 Å². The molecule has 0 aliphatic rings. The lowest BCUT2D eigenvalue weighted by molar-refractivity contribution is 0.355. The van der Waals surface area contributed by atoms with Crippen LogP contribution in [0.25, 0.3) is 0 Å². The predicted molar refractivity (Wildman–Crippen MR) is 64.8 cm³/mol. The highest BCUT2D eigenvalue weighted by atomic mass is 32.2. The van der Waals surface area contributed by atoms with Crippen LogP contribution in [0.15, 0.2) is 17.0 Å². The van der Waals surface area contributed by atoms with E-state index in [0.29, 0.717) is 5.75 Å². The number of nitrogens with zero attached hydrogens (tertiary/aromatic N) is 1. The van der Waals surface area contributed by atoms with Gasteiger partial charge in [-0.3, -0.25) is 0 Å². The van der Waals surface area contributed by atoms with E-state index in [1.807, 2.05) is 0 Å². The summed E-state index contributed by atoms with van der Waals surface area (Å²) in [4.78, 5) is 0.0673. The molecule has 0 spiro atoms. The quantitative estimate of drug-likeness (QED) is 0.799. The molecular weight excluding hydrogens is 244 g/mol. The molecule has 0 amide bonds. The Hall–Kier alpha value is -1.47. The number of nitrogen functional groups attached to an aromatic ring is 1. The summed E-state index contributed by atoms with van der Waals surface area (Å²) < 4.78 is 35.0. The molecule has 0 unspecified atom stereocenters. The summed E-state index contributed by atoms with van der Waals surface area (Å²) in [7, 11) is 2.21. The van der Waals surface area contributed by atoms with Gasteiger partial charge >= 0.3 is 0 Å². The number of hydrogen-bond acceptors (Lipinski definition) is 5. The SMILES string of the molecule is COc1cc(S(=O)(=O)N(C)C)cc(N)c1OC. The highest BCUT2D eigenvalue weighted by Gasteiger charge is 2.21. The molecule has 1 aromatic carbocycles. The van der Waals surface area contributed by atoms with Gasteiger partial charge in [-0.15, -0.1) is 0 Å². The van der Waals surface area contributed by atoms with Gasteiger partial charge in [0.15, 0.2) is 11.5 Å². The van der Waals surface area contributed by atoms with Crippen LogP contribution in [0.2, 0.25) is 0 Å². The Morgan fingerprint density at radius 3 is 2.18 bits per heavy atom. The van der Waals surface area contributed by atoms with Crippen molar-refractivity contribution >= 4 is 15.7 Å². The summed E-state index contributed by atoms with van der Waals surface area (Å²) >= 11 is 0. The number of anilines is 1. The van der Waals surface area contributed by atoms with E-state index < -0.39 is 10.0 Å². The van der Waals surface area contributed by atoms with E-state index in [9.17, 15) is 8.42 Å². The molecule has 2 N–H and O–H groups in total. The third-order valence-corrected chi connectivity index (χ3v) is 4.05. The highest BCUT2D eigenvalue weighted by Crippen LogP contribution is 2.36. The van der Waals surface area contributed by atoms with E-state index in [2.05, 4.69) is 0 Å². The van der Waals surface area contributed by atoms with Crippen LogP contribution in [0.5, 0.6) is 11.5 Å². The van der Waals surface area contributed by atoms with Crippen LogP contribution < -0.4 is 15.2 Å². The zero-order chi connectivity index (χ0) is 13.2. The standard InChI is InChI=1S/C10H16N2O4S/c1-12(2)17(13,14)7-5-8(11)10(16-4)9(6-7)15-3/h5-6H,11H2,1-4H3. The lowest BCUT2D eigenvalue weighted by atomic mass is 10.3. The van der Waals surface area contributed by atoms with Crippen molar-refractivity contribution in [2.75, 3.05) is 34.0 Å². The number of sulfonamides is 1. The van der Waals surface area contributed by atoms with Gasteiger partial charge in [-0.2, -0.15) is 0 Å². The summed E-state index contributed by atoms with van der Waals surface area (Å²) in [6.45, 7) is 0. The first-order valence-corrected chi connectivity index (χ1v) is 6.22. The number of ether oxygens (including phenoxy) is 2. The predicted octanol–water partition coefficient (Wildman–Crippen LogP) is 0.536. The first-order valence-electron chi connectivity index (χ1n) is 4.78. The summed E-state index contributed by atoms with van der Waals surface area (Å²) in [6, 6.07) is 2.72. The van der Waals surface area contributed by atoms with Crippen LogP contribution in [0, 0.1) is 0 Å². The van der Waals surface area contributed by atoms with Gasteiger partial charge in [0, 0.05) is 20.2 Å². The number of methoxy groups -OCH3 is 2. The van der Waals surface area contributed by atoms with E-state index in [4.69, 9.17) is 15.2 Å². The molecule has 0 radical (unpaired) electrons. The van der Waals surface area contributed by atoms with Gasteiger partial charge in [-0.25, -0.2) is 12.7 Å². The topological polar surface area (TPSA) is 81.9 Å². The maximum atomic E-state index is 11.9. The largest absolute Gasteiger partial charge is 0.493 e. The van der Waals surface area contributed by atoms with Crippen molar-refractivity contribution in [3.8, 4) is 11.5 Å². The molecular formula is C10H16N2O4S. The normalized spacial score (nSPS) is 11.6. The zero-order valence-electron chi connectivity index (χ0n) is 10.2. The van der Waals surface area contributed by atoms with Crippen molar-refractivity contribution in [1.29, 1.82) is 0 Å². The van der Waals surface area contributed by atoms with Crippen LogP contribution in [0.1, 0.15) is 0 Å². The number of rotatable bonds is 4. The zero-order valence-corrected chi connectivity index (χ0v) is 11.0. The minimum atomic E-state index is -3.54. The lowest BCUT2D eigenvalue weighted by Gasteiger charge is -2.15. The van der Waals surface area contributed by atoms with Crippen molar-refractivity contribution in [3.63, 3.8) is 0 Å². The fraction of sp³-hybridized carbons (Fsp3) is 0.400. The molecule has 0 saturated heterocycles. The van der Waals surface area contributed by atoms with E-state index in [-0.39, 0.29) is 16.3 Å². The van der Waals surface area contributed by atoms with Crippen LogP contribution in [-0.2, 0) is 10.0 Å². The number of nitrogens with two attached hydrogens (primary N) is 1. The van der Waals surface area contributed by atoms with Crippen molar-refractivity contribution in [2.24, 2.45) is 0 Å². The second-order valence-corrected chi connectivity index (χ2v) is 5.69. The number of benzene rings is 1. The van der Waals surface area contributed by atoms with Gasteiger partial charge in [-0.05, 0) is 6.07 Å². The average Bonchev–Trinajstić information content (AvgIpc) is 2.27. The maximum absolute atomic E-state index is 11.9. The molecule has 0 saturated carbocycles. The Bertz CT molecular complexity index is 511. The van der Waals surface area contributed by atoms with Crippen molar-refractivity contribution < 1.29 is 17.9 Å². The van der Waals surface area contributed by atoms with E-state index >= 15 is 0 Å². The Morgan fingerprint density at radius 1 is 1.18 bits per heavy atom. The van der Waals surface area contributed by atoms with Gasteiger partial charge in [0.2, 0.25) is 10.0 Å². The van der Waals surface area contributed by atoms with E-state index in [1.165, 1.54) is 40.4 Å². The smallest absolute Gasteiger partial charge is 0.242 e. The summed E-state index contributed by atoms with van der Waals surface area (Å²) in [5, 5.41) is 0. The molecule has 0 aliphatic carbocycles. The fourth-order valence-corrected chi connectivity index (χ4v) is 2.28. The molecule has 6 nitrogen and oxygen atoms in total. The molecule has 1 rings (SSSR count). The van der Waals surface area contributed by atoms with Crippen molar-refractivity contribution in [2.45, 2.75) is 4.90 Å². The van der Waals surface area contributed by atoms with Gasteiger partial charge in [0.1, 0.15) is 0 Å². The minimum Gasteiger partial charge on any atom is -0.493 e. The van der Waals surface area contributed by atoms with Gasteiger partial charge in [0.05, 0.1) is 24.8 Å². The van der Waals surface area contributed by atoms with E-state index in [0.717, 1.165) is 4.31 Å². The van der Waals surface area contributed by atoms with Crippen LogP contribution in [0.4, 0.5) is 5.69 Å². The fourth-order valence-electron chi connectivity index (χ4n) is 1.33. The number of hydrogen-bond donors (Lipinski definition) is 1. The highest BCUT2D eigenvalue weighted by molar-refractivity contribution is 7.89. The Morgan fingerprint density at radius 2 is 1.76 bits per heavy atom. The molecule has 7 heteroatoms. The second kappa shape index (κ2) is 4.80. The van der Waals surface area contributed by atoms with Crippen molar-refractivity contribution in [3.05, 3.63) is 12.1 Å². The van der Waals surface area contributed by atoms with Crippen molar-refractivity contribution in [1.82, 2.24) is 4.31 Å². The molecule has 17 heavy (non-hydrogen) atoms. The molecule has 0 heterocycles. The minimum absolute atomic E-state index is 0.0673. The Balaban J connectivity index is 3.45. The average molecular weight is 260 g/mol. The lowest BCUT2D eigenvalue weighted by Crippen LogP contribution is -2.22. The molecule has 0 aromatic heterocycles. The first-order chi connectivity index (χ1) is 7.84. The molecule has 1 aromatic rings. The van der Waals surface area contributed by atoms with Crippen LogP contribution in [-0.4, -0.2) is 41.0 Å². The molecule has 0 fully saturated rings. The second-order valence-electron chi connectivity index (χ2n) is 3.54. The maximum Gasteiger partial charge on any atom is 0.242 e. The molecule has 0 atom stereocenters. The first kappa shape index (κ1) is 13.6. The van der Waals surface area contributed by atoms with Crippen LogP contribution in [0.3, 0.4) is 0 Å². The third kappa shape index (κ3) is 2.45. The molecule has 0 bridgehead atoms. The van der Waals surface area contributed by atoms with Crippen LogP contribution >= 0.6 is 0 Å². The Labute approximate surface area is 101 Å². The van der Waals surface area contributed by atoms with Gasteiger partial charge in [0.25, 0.3) is 0 Å². The molecule has 0 aliphatic heterocycles. The van der Waals surface area contributed by atoms with Gasteiger partial charge in [-0.1, -0.05) is 0 Å². The van der Waals surface area contributed by atoms with E-state index in [1.54, 1.807) is 0 Å². The summed E-state index contributed by atoms with van der Waals surface area (Å²) in [6.07, 6.45) is 0. The summed E-state index contributed by atoms with van der Waals surface area (Å²) in [5.41, 5.74) is 5.93. The Kier molecular flexibility index (Phi) is 3.84. The third-order valence-electron chi connectivity index (χ3n) is 2.26. The molecule has 96 valence electrons. The monoisotopic (exact) mass is 260 g/mol. The summed E-state index contributed by atoms with van der Waals surface area (Å²) in [5.74, 6) is 0.609.